The molecular formula is C13H21FN2. The highest BCUT2D eigenvalue weighted by Gasteiger charge is 2.07. The number of hydrogen-bond acceptors (Lipinski definition) is 2. The van der Waals surface area contributed by atoms with Crippen LogP contribution in [0.5, 0.6) is 0 Å². The largest absolute Gasteiger partial charge is 0.372 e. The third kappa shape index (κ3) is 3.49. The average molecular weight is 224 g/mol. The lowest BCUT2D eigenvalue weighted by atomic mass is 10.2. The smallest absolute Gasteiger partial charge is 0.146 e. The van der Waals surface area contributed by atoms with E-state index >= 15 is 0 Å². The van der Waals surface area contributed by atoms with Crippen molar-refractivity contribution < 1.29 is 4.39 Å². The van der Waals surface area contributed by atoms with E-state index < -0.39 is 0 Å². The Balaban J connectivity index is 2.74. The monoisotopic (exact) mass is 224 g/mol. The van der Waals surface area contributed by atoms with Crippen molar-refractivity contribution in [1.29, 1.82) is 0 Å². The van der Waals surface area contributed by atoms with Gasteiger partial charge in [-0.05, 0) is 30.7 Å². The highest BCUT2D eigenvalue weighted by Crippen LogP contribution is 2.19. The summed E-state index contributed by atoms with van der Waals surface area (Å²) >= 11 is 0. The maximum Gasteiger partial charge on any atom is 0.146 e. The molecule has 2 nitrogen and oxygen atoms in total. The Morgan fingerprint density at radius 1 is 1.31 bits per heavy atom. The molecule has 0 aromatic heterocycles. The second-order valence-corrected chi connectivity index (χ2v) is 3.99. The van der Waals surface area contributed by atoms with Crippen LogP contribution in [-0.2, 0) is 6.54 Å². The number of halogens is 1. The quantitative estimate of drug-likeness (QED) is 0.799. The second-order valence-electron chi connectivity index (χ2n) is 3.99. The van der Waals surface area contributed by atoms with Gasteiger partial charge in [0, 0.05) is 20.1 Å². The maximum atomic E-state index is 13.8. The van der Waals surface area contributed by atoms with E-state index in [0.29, 0.717) is 5.69 Å². The van der Waals surface area contributed by atoms with Crippen LogP contribution in [0.2, 0.25) is 0 Å². The zero-order chi connectivity index (χ0) is 12.0. The zero-order valence-corrected chi connectivity index (χ0v) is 10.4. The molecule has 1 N–H and O–H groups in total. The standard InChI is InChI=1S/C13H21FN2/c1-4-8-16(3)13-7-6-11(9-12(13)14)10-15-5-2/h6-7,9,15H,4-5,8,10H2,1-3H3. The van der Waals surface area contributed by atoms with E-state index in [-0.39, 0.29) is 5.82 Å². The minimum absolute atomic E-state index is 0.133. The number of anilines is 1. The van der Waals surface area contributed by atoms with E-state index in [4.69, 9.17) is 0 Å². The predicted molar refractivity (Wildman–Crippen MR) is 67.3 cm³/mol. The minimum Gasteiger partial charge on any atom is -0.372 e. The van der Waals surface area contributed by atoms with Crippen LogP contribution in [0.15, 0.2) is 18.2 Å². The fourth-order valence-corrected chi connectivity index (χ4v) is 1.70. The Morgan fingerprint density at radius 3 is 2.62 bits per heavy atom. The Bertz CT molecular complexity index is 326. The molecule has 0 heterocycles. The van der Waals surface area contributed by atoms with Gasteiger partial charge < -0.3 is 10.2 Å². The van der Waals surface area contributed by atoms with Gasteiger partial charge in [-0.3, -0.25) is 0 Å². The molecule has 90 valence electrons. The minimum atomic E-state index is -0.133. The Labute approximate surface area is 97.5 Å². The van der Waals surface area contributed by atoms with Crippen molar-refractivity contribution in [3.63, 3.8) is 0 Å². The van der Waals surface area contributed by atoms with Gasteiger partial charge in [-0.1, -0.05) is 19.9 Å². The molecule has 0 saturated carbocycles. The highest BCUT2D eigenvalue weighted by molar-refractivity contribution is 5.48. The van der Waals surface area contributed by atoms with Crippen molar-refractivity contribution in [2.24, 2.45) is 0 Å². The van der Waals surface area contributed by atoms with E-state index in [1.54, 1.807) is 6.07 Å². The van der Waals surface area contributed by atoms with Crippen LogP contribution in [0.4, 0.5) is 10.1 Å². The first-order valence-corrected chi connectivity index (χ1v) is 5.89. The van der Waals surface area contributed by atoms with Gasteiger partial charge in [0.2, 0.25) is 0 Å². The number of hydrogen-bond donors (Lipinski definition) is 1. The van der Waals surface area contributed by atoms with Crippen LogP contribution in [-0.4, -0.2) is 20.1 Å². The molecule has 0 radical (unpaired) electrons. The molecular weight excluding hydrogens is 203 g/mol. The molecule has 1 aromatic rings. The second kappa shape index (κ2) is 6.48. The van der Waals surface area contributed by atoms with Crippen LogP contribution in [0.1, 0.15) is 25.8 Å². The topological polar surface area (TPSA) is 15.3 Å². The molecule has 0 spiro atoms. The first kappa shape index (κ1) is 13.0. The first-order valence-electron chi connectivity index (χ1n) is 5.89. The third-order valence-corrected chi connectivity index (χ3v) is 2.56. The van der Waals surface area contributed by atoms with Crippen molar-refractivity contribution in [1.82, 2.24) is 5.32 Å². The van der Waals surface area contributed by atoms with Gasteiger partial charge in [0.25, 0.3) is 0 Å². The van der Waals surface area contributed by atoms with E-state index in [1.807, 2.05) is 31.0 Å². The molecule has 3 heteroatoms. The third-order valence-electron chi connectivity index (χ3n) is 2.56. The summed E-state index contributed by atoms with van der Waals surface area (Å²) < 4.78 is 13.8. The number of rotatable bonds is 6. The molecule has 0 unspecified atom stereocenters. The normalized spacial score (nSPS) is 10.5. The van der Waals surface area contributed by atoms with Gasteiger partial charge in [0.1, 0.15) is 5.82 Å². The van der Waals surface area contributed by atoms with Crippen molar-refractivity contribution in [3.05, 3.63) is 29.6 Å². The van der Waals surface area contributed by atoms with Crippen molar-refractivity contribution >= 4 is 5.69 Å². The van der Waals surface area contributed by atoms with E-state index in [0.717, 1.165) is 31.6 Å². The van der Waals surface area contributed by atoms with Crippen molar-refractivity contribution in [2.75, 3.05) is 25.0 Å². The fraction of sp³-hybridized carbons (Fsp3) is 0.538. The van der Waals surface area contributed by atoms with Gasteiger partial charge in [-0.25, -0.2) is 4.39 Å². The molecule has 16 heavy (non-hydrogen) atoms. The summed E-state index contributed by atoms with van der Waals surface area (Å²) in [5.74, 6) is -0.133. The summed E-state index contributed by atoms with van der Waals surface area (Å²) in [5.41, 5.74) is 1.68. The lowest BCUT2D eigenvalue weighted by molar-refractivity contribution is 0.616. The first-order chi connectivity index (χ1) is 7.69. The summed E-state index contributed by atoms with van der Waals surface area (Å²) in [5, 5.41) is 3.19. The molecule has 0 aliphatic heterocycles. The highest BCUT2D eigenvalue weighted by atomic mass is 19.1. The predicted octanol–water partition coefficient (Wildman–Crippen LogP) is 2.78. The molecule has 0 saturated heterocycles. The molecule has 1 aromatic carbocycles. The maximum absolute atomic E-state index is 13.8. The number of nitrogens with one attached hydrogen (secondary N) is 1. The van der Waals surface area contributed by atoms with Crippen molar-refractivity contribution in [3.8, 4) is 0 Å². The summed E-state index contributed by atoms with van der Waals surface area (Å²) in [4.78, 5) is 1.95. The van der Waals surface area contributed by atoms with Crippen LogP contribution >= 0.6 is 0 Å². The van der Waals surface area contributed by atoms with Crippen LogP contribution in [0, 0.1) is 5.82 Å². The van der Waals surface area contributed by atoms with Gasteiger partial charge in [-0.2, -0.15) is 0 Å². The van der Waals surface area contributed by atoms with Gasteiger partial charge in [0.05, 0.1) is 5.69 Å². The lowest BCUT2D eigenvalue weighted by Gasteiger charge is -2.19. The van der Waals surface area contributed by atoms with E-state index in [9.17, 15) is 4.39 Å². The summed E-state index contributed by atoms with van der Waals surface area (Å²) in [7, 11) is 1.92. The Kier molecular flexibility index (Phi) is 5.26. The van der Waals surface area contributed by atoms with Crippen molar-refractivity contribution in [2.45, 2.75) is 26.8 Å². The molecule has 0 amide bonds. The summed E-state index contributed by atoms with van der Waals surface area (Å²) in [6, 6.07) is 5.45. The zero-order valence-electron chi connectivity index (χ0n) is 10.4. The SMILES string of the molecule is CCCN(C)c1ccc(CNCC)cc1F. The molecule has 0 fully saturated rings. The molecule has 0 bridgehead atoms. The lowest BCUT2D eigenvalue weighted by Crippen LogP contribution is -2.19. The van der Waals surface area contributed by atoms with Crippen LogP contribution in [0.3, 0.4) is 0 Å². The van der Waals surface area contributed by atoms with Crippen LogP contribution < -0.4 is 10.2 Å². The van der Waals surface area contributed by atoms with Gasteiger partial charge in [0.15, 0.2) is 0 Å². The van der Waals surface area contributed by atoms with Gasteiger partial charge >= 0.3 is 0 Å². The molecule has 1 rings (SSSR count). The average Bonchev–Trinajstić information content (AvgIpc) is 2.26. The van der Waals surface area contributed by atoms with E-state index in [1.165, 1.54) is 0 Å². The molecule has 0 atom stereocenters. The summed E-state index contributed by atoms with van der Waals surface area (Å²) in [6.07, 6.45) is 1.02. The van der Waals surface area contributed by atoms with Gasteiger partial charge in [-0.15, -0.1) is 0 Å². The molecule has 0 aliphatic rings. The Morgan fingerprint density at radius 2 is 2.06 bits per heavy atom. The molecule has 0 aliphatic carbocycles. The van der Waals surface area contributed by atoms with Crippen LogP contribution in [0.25, 0.3) is 0 Å². The fourth-order valence-electron chi connectivity index (χ4n) is 1.70. The Hall–Kier alpha value is -1.09. The van der Waals surface area contributed by atoms with E-state index in [2.05, 4.69) is 12.2 Å². The number of nitrogens with zero attached hydrogens (tertiary/aromatic N) is 1. The number of benzene rings is 1. The summed E-state index contributed by atoms with van der Waals surface area (Å²) in [6.45, 7) is 6.64.